The average Bonchev–Trinajstić information content (AvgIpc) is 2.92. The molecule has 8 heteroatoms. The molecule has 1 amide bonds. The van der Waals surface area contributed by atoms with E-state index in [0.29, 0.717) is 21.7 Å². The lowest BCUT2D eigenvalue weighted by Crippen LogP contribution is -2.22. The van der Waals surface area contributed by atoms with Gasteiger partial charge < -0.3 is 10.6 Å². The van der Waals surface area contributed by atoms with Gasteiger partial charge in [0.25, 0.3) is 0 Å². The smallest absolute Gasteiger partial charge is 0.237 e. The monoisotopic (exact) mass is 338 g/mol. The Morgan fingerprint density at radius 2 is 2.36 bits per heavy atom. The van der Waals surface area contributed by atoms with Gasteiger partial charge in [0.1, 0.15) is 5.82 Å². The summed E-state index contributed by atoms with van der Waals surface area (Å²) in [7, 11) is 0. The molecule has 0 saturated carbocycles. The molecule has 22 heavy (non-hydrogen) atoms. The SMILES string of the molecule is C=CCNc1nnc(S[C@H](C)C(=O)Nc2cccc(F)c2)s1. The third-order valence-electron chi connectivity index (χ3n) is 2.54. The number of benzene rings is 1. The van der Waals surface area contributed by atoms with Gasteiger partial charge in [0, 0.05) is 12.2 Å². The summed E-state index contributed by atoms with van der Waals surface area (Å²) >= 11 is 2.67. The number of halogens is 1. The van der Waals surface area contributed by atoms with Crippen molar-refractivity contribution < 1.29 is 9.18 Å². The standard InChI is InChI=1S/C14H15FN4OS2/c1-3-7-16-13-18-19-14(22-13)21-9(2)12(20)17-11-6-4-5-10(15)8-11/h3-6,8-9H,1,7H2,2H3,(H,16,18)(H,17,20)/t9-/m1/s1. The number of thioether (sulfide) groups is 1. The number of anilines is 2. The predicted molar refractivity (Wildman–Crippen MR) is 88.9 cm³/mol. The van der Waals surface area contributed by atoms with Gasteiger partial charge in [0.2, 0.25) is 11.0 Å². The highest BCUT2D eigenvalue weighted by Gasteiger charge is 2.17. The summed E-state index contributed by atoms with van der Waals surface area (Å²) in [5, 5.41) is 14.0. The van der Waals surface area contributed by atoms with Gasteiger partial charge in [-0.1, -0.05) is 35.2 Å². The fraction of sp³-hybridized carbons (Fsp3) is 0.214. The van der Waals surface area contributed by atoms with Crippen LogP contribution in [0.5, 0.6) is 0 Å². The highest BCUT2D eigenvalue weighted by molar-refractivity contribution is 8.02. The molecule has 0 radical (unpaired) electrons. The van der Waals surface area contributed by atoms with Crippen LogP contribution >= 0.6 is 23.1 Å². The highest BCUT2D eigenvalue weighted by Crippen LogP contribution is 2.29. The van der Waals surface area contributed by atoms with Crippen LogP contribution in [-0.4, -0.2) is 27.9 Å². The number of carbonyl (C=O) groups excluding carboxylic acids is 1. The fourth-order valence-corrected chi connectivity index (χ4v) is 3.41. The minimum absolute atomic E-state index is 0.216. The zero-order valence-corrected chi connectivity index (χ0v) is 13.5. The molecular weight excluding hydrogens is 323 g/mol. The second-order valence-corrected chi connectivity index (χ2v) is 6.87. The molecule has 0 bridgehead atoms. The molecule has 1 aromatic heterocycles. The Morgan fingerprint density at radius 3 is 3.09 bits per heavy atom. The Balaban J connectivity index is 1.90. The first-order valence-electron chi connectivity index (χ1n) is 6.50. The van der Waals surface area contributed by atoms with Crippen LogP contribution in [0.15, 0.2) is 41.3 Å². The maximum atomic E-state index is 13.1. The van der Waals surface area contributed by atoms with Crippen LogP contribution in [0.4, 0.5) is 15.2 Å². The number of hydrogen-bond donors (Lipinski definition) is 2. The number of carbonyl (C=O) groups is 1. The van der Waals surface area contributed by atoms with Gasteiger partial charge in [-0.25, -0.2) is 4.39 Å². The van der Waals surface area contributed by atoms with E-state index >= 15 is 0 Å². The largest absolute Gasteiger partial charge is 0.357 e. The van der Waals surface area contributed by atoms with Crippen LogP contribution in [0.25, 0.3) is 0 Å². The van der Waals surface area contributed by atoms with Crippen molar-refractivity contribution in [3.8, 4) is 0 Å². The van der Waals surface area contributed by atoms with Gasteiger partial charge in [-0.05, 0) is 25.1 Å². The molecule has 116 valence electrons. The normalized spacial score (nSPS) is 11.7. The first kappa shape index (κ1) is 16.4. The van der Waals surface area contributed by atoms with Crippen molar-refractivity contribution >= 4 is 39.8 Å². The van der Waals surface area contributed by atoms with E-state index in [0.717, 1.165) is 0 Å². The summed E-state index contributed by atoms with van der Waals surface area (Å²) in [6, 6.07) is 5.79. The average molecular weight is 338 g/mol. The number of nitrogens with one attached hydrogen (secondary N) is 2. The first-order chi connectivity index (χ1) is 10.6. The summed E-state index contributed by atoms with van der Waals surface area (Å²) in [5.74, 6) is -0.605. The summed E-state index contributed by atoms with van der Waals surface area (Å²) in [4.78, 5) is 12.1. The molecule has 1 atom stereocenters. The van der Waals surface area contributed by atoms with Crippen molar-refractivity contribution in [1.82, 2.24) is 10.2 Å². The Morgan fingerprint density at radius 1 is 1.55 bits per heavy atom. The lowest BCUT2D eigenvalue weighted by molar-refractivity contribution is -0.115. The van der Waals surface area contributed by atoms with Crippen molar-refractivity contribution in [1.29, 1.82) is 0 Å². The van der Waals surface area contributed by atoms with E-state index in [2.05, 4.69) is 27.4 Å². The number of aromatic nitrogens is 2. The minimum Gasteiger partial charge on any atom is -0.357 e. The molecule has 0 aliphatic heterocycles. The second-order valence-electron chi connectivity index (χ2n) is 4.30. The van der Waals surface area contributed by atoms with Gasteiger partial charge in [-0.15, -0.1) is 16.8 Å². The third kappa shape index (κ3) is 4.81. The first-order valence-corrected chi connectivity index (χ1v) is 8.19. The number of amides is 1. The zero-order valence-electron chi connectivity index (χ0n) is 11.9. The molecule has 0 fully saturated rings. The van der Waals surface area contributed by atoms with Crippen molar-refractivity contribution in [2.75, 3.05) is 17.2 Å². The Bertz CT molecular complexity index is 662. The van der Waals surface area contributed by atoms with Crippen molar-refractivity contribution in [2.24, 2.45) is 0 Å². The number of rotatable bonds is 7. The van der Waals surface area contributed by atoms with E-state index in [4.69, 9.17) is 0 Å². The molecule has 2 N–H and O–H groups in total. The molecule has 0 unspecified atom stereocenters. The molecule has 0 spiro atoms. The van der Waals surface area contributed by atoms with Gasteiger partial charge in [-0.2, -0.15) is 0 Å². The highest BCUT2D eigenvalue weighted by atomic mass is 32.2. The maximum absolute atomic E-state index is 13.1. The van der Waals surface area contributed by atoms with Crippen LogP contribution in [0.3, 0.4) is 0 Å². The molecule has 0 aliphatic carbocycles. The van der Waals surface area contributed by atoms with Gasteiger partial charge in [-0.3, -0.25) is 4.79 Å². The molecule has 1 heterocycles. The molecule has 0 saturated heterocycles. The van der Waals surface area contributed by atoms with Crippen LogP contribution in [0, 0.1) is 5.82 Å². The molecule has 0 aliphatic rings. The molecule has 5 nitrogen and oxygen atoms in total. The van der Waals surface area contributed by atoms with E-state index in [1.165, 1.54) is 35.2 Å². The lowest BCUT2D eigenvalue weighted by Gasteiger charge is -2.10. The van der Waals surface area contributed by atoms with E-state index in [1.807, 2.05) is 0 Å². The number of nitrogens with zero attached hydrogens (tertiary/aromatic N) is 2. The van der Waals surface area contributed by atoms with Crippen LogP contribution < -0.4 is 10.6 Å². The third-order valence-corrected chi connectivity index (χ3v) is 4.61. The van der Waals surface area contributed by atoms with Crippen LogP contribution in [0.2, 0.25) is 0 Å². The van der Waals surface area contributed by atoms with Gasteiger partial charge in [0.15, 0.2) is 4.34 Å². The van der Waals surface area contributed by atoms with Gasteiger partial charge in [0.05, 0.1) is 5.25 Å². The minimum atomic E-state index is -0.389. The molecular formula is C14H15FN4OS2. The number of hydrogen-bond acceptors (Lipinski definition) is 6. The molecule has 2 rings (SSSR count). The topological polar surface area (TPSA) is 66.9 Å². The van der Waals surface area contributed by atoms with E-state index in [1.54, 1.807) is 25.1 Å². The summed E-state index contributed by atoms with van der Waals surface area (Å²) < 4.78 is 13.8. The zero-order chi connectivity index (χ0) is 15.9. The summed E-state index contributed by atoms with van der Waals surface area (Å²) in [6.07, 6.45) is 1.73. The van der Waals surface area contributed by atoms with Crippen molar-refractivity contribution in [2.45, 2.75) is 16.5 Å². The summed E-state index contributed by atoms with van der Waals surface area (Å²) in [6.45, 7) is 5.98. The quantitative estimate of drug-likeness (QED) is 0.598. The van der Waals surface area contributed by atoms with Crippen LogP contribution in [0.1, 0.15) is 6.92 Å². The second kappa shape index (κ2) is 7.90. The molecule has 1 aromatic carbocycles. The van der Waals surface area contributed by atoms with E-state index < -0.39 is 0 Å². The van der Waals surface area contributed by atoms with Crippen molar-refractivity contribution in [3.05, 3.63) is 42.7 Å². The van der Waals surface area contributed by atoms with Gasteiger partial charge >= 0.3 is 0 Å². The lowest BCUT2D eigenvalue weighted by atomic mass is 10.3. The van der Waals surface area contributed by atoms with Crippen LogP contribution in [-0.2, 0) is 4.79 Å². The van der Waals surface area contributed by atoms with E-state index in [-0.39, 0.29) is 17.0 Å². The summed E-state index contributed by atoms with van der Waals surface area (Å²) in [5.41, 5.74) is 0.433. The maximum Gasteiger partial charge on any atom is 0.237 e. The Labute approximate surface area is 136 Å². The Hall–Kier alpha value is -1.93. The molecule has 2 aromatic rings. The Kier molecular flexibility index (Phi) is 5.91. The van der Waals surface area contributed by atoms with E-state index in [9.17, 15) is 9.18 Å². The fourth-order valence-electron chi connectivity index (χ4n) is 1.50. The predicted octanol–water partition coefficient (Wildman–Crippen LogP) is 3.39. The van der Waals surface area contributed by atoms with Crippen molar-refractivity contribution in [3.63, 3.8) is 0 Å².